The number of hydrogen-bond acceptors (Lipinski definition) is 4. The maximum absolute atomic E-state index is 12.7. The summed E-state index contributed by atoms with van der Waals surface area (Å²) < 4.78 is 9.02. The van der Waals surface area contributed by atoms with E-state index in [1.807, 2.05) is 84.8 Å². The highest BCUT2D eigenvalue weighted by atomic mass is 16.5. The number of rotatable bonds is 6. The first-order chi connectivity index (χ1) is 14.9. The van der Waals surface area contributed by atoms with E-state index < -0.39 is 0 Å². The molecule has 0 unspecified atom stereocenters. The minimum Gasteiger partial charge on any atom is -0.360 e. The number of aryl methyl sites for hydroxylation is 2. The minimum atomic E-state index is -0.0745. The molecule has 0 bridgehead atoms. The second-order valence-corrected chi connectivity index (χ2v) is 7.61. The van der Waals surface area contributed by atoms with Gasteiger partial charge in [0.15, 0.2) is 5.82 Å². The lowest BCUT2D eigenvalue weighted by Gasteiger charge is -2.13. The molecule has 7 heteroatoms. The van der Waals surface area contributed by atoms with Crippen LogP contribution in [-0.2, 0) is 11.3 Å². The monoisotopic (exact) mass is 415 g/mol. The highest BCUT2D eigenvalue weighted by Gasteiger charge is 2.13. The molecule has 0 fully saturated rings. The third-order valence-electron chi connectivity index (χ3n) is 5.17. The van der Waals surface area contributed by atoms with Gasteiger partial charge in [0.25, 0.3) is 0 Å². The van der Waals surface area contributed by atoms with Crippen LogP contribution >= 0.6 is 0 Å². The van der Waals surface area contributed by atoms with Crippen molar-refractivity contribution in [2.24, 2.45) is 0 Å². The number of carbonyl (C=O) groups excluding carboxylic acids is 1. The first-order valence-corrected chi connectivity index (χ1v) is 10.1. The molecule has 0 saturated heterocycles. The number of nitrogens with zero attached hydrogens (tertiary/aromatic N) is 5. The molecule has 0 aliphatic carbocycles. The van der Waals surface area contributed by atoms with Crippen LogP contribution in [0.1, 0.15) is 28.3 Å². The van der Waals surface area contributed by atoms with Crippen LogP contribution in [0.4, 0.5) is 0 Å². The number of aromatic nitrogens is 4. The van der Waals surface area contributed by atoms with Crippen LogP contribution in [0, 0.1) is 20.8 Å². The Morgan fingerprint density at radius 2 is 1.94 bits per heavy atom. The van der Waals surface area contributed by atoms with E-state index in [2.05, 4.69) is 10.3 Å². The third-order valence-corrected chi connectivity index (χ3v) is 5.17. The summed E-state index contributed by atoms with van der Waals surface area (Å²) in [5.74, 6) is 1.42. The molecule has 0 saturated carbocycles. The van der Waals surface area contributed by atoms with E-state index >= 15 is 0 Å². The van der Waals surface area contributed by atoms with Gasteiger partial charge in [-0.05, 0) is 50.6 Å². The molecule has 3 heterocycles. The van der Waals surface area contributed by atoms with Crippen LogP contribution in [0.3, 0.4) is 0 Å². The van der Waals surface area contributed by atoms with Crippen molar-refractivity contribution in [3.63, 3.8) is 0 Å². The van der Waals surface area contributed by atoms with Crippen molar-refractivity contribution < 1.29 is 9.32 Å². The molecule has 0 atom stereocenters. The number of para-hydroxylation sites is 1. The van der Waals surface area contributed by atoms with Gasteiger partial charge in [-0.1, -0.05) is 23.4 Å². The Balaban J connectivity index is 1.44. The molecule has 0 radical (unpaired) electrons. The molecule has 3 aromatic heterocycles. The Morgan fingerprint density at radius 3 is 2.65 bits per heavy atom. The largest absolute Gasteiger partial charge is 0.360 e. The molecule has 0 aliphatic rings. The zero-order valence-electron chi connectivity index (χ0n) is 18.1. The fraction of sp³-hybridized carbons (Fsp3) is 0.208. The molecule has 31 heavy (non-hydrogen) atoms. The van der Waals surface area contributed by atoms with Crippen molar-refractivity contribution in [1.29, 1.82) is 0 Å². The van der Waals surface area contributed by atoms with E-state index in [1.54, 1.807) is 24.2 Å². The third kappa shape index (κ3) is 4.35. The maximum Gasteiger partial charge on any atom is 0.246 e. The molecule has 0 spiro atoms. The Morgan fingerprint density at radius 1 is 1.16 bits per heavy atom. The van der Waals surface area contributed by atoms with Crippen molar-refractivity contribution in [3.05, 3.63) is 89.2 Å². The van der Waals surface area contributed by atoms with Crippen LogP contribution < -0.4 is 0 Å². The van der Waals surface area contributed by atoms with Gasteiger partial charge in [-0.3, -0.25) is 9.36 Å². The van der Waals surface area contributed by atoms with Crippen LogP contribution in [0.2, 0.25) is 0 Å². The quantitative estimate of drug-likeness (QED) is 0.442. The number of amides is 1. The molecule has 0 aliphatic heterocycles. The van der Waals surface area contributed by atoms with Gasteiger partial charge in [0.2, 0.25) is 5.91 Å². The van der Waals surface area contributed by atoms with Crippen molar-refractivity contribution >= 4 is 12.0 Å². The van der Waals surface area contributed by atoms with Gasteiger partial charge in [-0.2, -0.15) is 5.10 Å². The standard InChI is InChI=1S/C24H25N5O2/c1-17-12-21(19(3)29(17)23-13-18(2)31-26-23)10-11-24(30)27(4)15-20-14-25-28(16-20)22-8-6-5-7-9-22/h5-14,16H,15H2,1-4H3. The molecule has 7 nitrogen and oxygen atoms in total. The van der Waals surface area contributed by atoms with Crippen LogP contribution in [0.15, 0.2) is 65.5 Å². The van der Waals surface area contributed by atoms with Crippen LogP contribution in [0.5, 0.6) is 0 Å². The van der Waals surface area contributed by atoms with Crippen molar-refractivity contribution in [2.45, 2.75) is 27.3 Å². The summed E-state index contributed by atoms with van der Waals surface area (Å²) in [4.78, 5) is 14.3. The summed E-state index contributed by atoms with van der Waals surface area (Å²) in [6.07, 6.45) is 7.17. The van der Waals surface area contributed by atoms with Gasteiger partial charge in [0.1, 0.15) is 5.76 Å². The summed E-state index contributed by atoms with van der Waals surface area (Å²) in [5.41, 5.74) is 4.95. The van der Waals surface area contributed by atoms with Gasteiger partial charge < -0.3 is 9.42 Å². The molecule has 4 rings (SSSR count). The van der Waals surface area contributed by atoms with Gasteiger partial charge in [0, 0.05) is 48.9 Å². The van der Waals surface area contributed by atoms with E-state index in [-0.39, 0.29) is 5.91 Å². The Kier molecular flexibility index (Phi) is 5.58. The Hall–Kier alpha value is -3.87. The zero-order chi connectivity index (χ0) is 22.0. The Labute approximate surface area is 181 Å². The molecule has 0 N–H and O–H groups in total. The fourth-order valence-electron chi connectivity index (χ4n) is 3.57. The van der Waals surface area contributed by atoms with Gasteiger partial charge in [-0.25, -0.2) is 4.68 Å². The van der Waals surface area contributed by atoms with Crippen molar-refractivity contribution in [2.75, 3.05) is 7.05 Å². The first-order valence-electron chi connectivity index (χ1n) is 10.1. The van der Waals surface area contributed by atoms with Crippen molar-refractivity contribution in [3.8, 4) is 11.5 Å². The second-order valence-electron chi connectivity index (χ2n) is 7.61. The number of hydrogen-bond donors (Lipinski definition) is 0. The Bertz CT molecular complexity index is 1230. The van der Waals surface area contributed by atoms with E-state index in [0.29, 0.717) is 6.54 Å². The lowest BCUT2D eigenvalue weighted by molar-refractivity contribution is -0.125. The molecule has 4 aromatic rings. The highest BCUT2D eigenvalue weighted by molar-refractivity contribution is 5.91. The number of likely N-dealkylation sites (N-methyl/N-ethyl adjacent to an activating group) is 1. The van der Waals surface area contributed by atoms with Gasteiger partial charge >= 0.3 is 0 Å². The van der Waals surface area contributed by atoms with Gasteiger partial charge in [0.05, 0.1) is 11.9 Å². The average molecular weight is 415 g/mol. The molecule has 1 amide bonds. The summed E-state index contributed by atoms with van der Waals surface area (Å²) in [6, 6.07) is 13.8. The van der Waals surface area contributed by atoms with E-state index in [4.69, 9.17) is 4.52 Å². The molecule has 1 aromatic carbocycles. The predicted octanol–water partition coefficient (Wildman–Crippen LogP) is 4.25. The predicted molar refractivity (Wildman–Crippen MR) is 119 cm³/mol. The SMILES string of the molecule is Cc1cc(-n2c(C)cc(C=CC(=O)N(C)Cc3cnn(-c4ccccc4)c3)c2C)no1. The zero-order valence-corrected chi connectivity index (χ0v) is 18.1. The normalized spacial score (nSPS) is 11.4. The summed E-state index contributed by atoms with van der Waals surface area (Å²) in [5, 5.41) is 8.49. The highest BCUT2D eigenvalue weighted by Crippen LogP contribution is 2.22. The molecule has 158 valence electrons. The fourth-order valence-corrected chi connectivity index (χ4v) is 3.57. The minimum absolute atomic E-state index is 0.0745. The van der Waals surface area contributed by atoms with E-state index in [1.165, 1.54) is 0 Å². The second kappa shape index (κ2) is 8.47. The smallest absolute Gasteiger partial charge is 0.246 e. The lowest BCUT2D eigenvalue weighted by atomic mass is 10.2. The van der Waals surface area contributed by atoms with Gasteiger partial charge in [-0.15, -0.1) is 0 Å². The molecular weight excluding hydrogens is 390 g/mol. The van der Waals surface area contributed by atoms with E-state index in [9.17, 15) is 4.79 Å². The lowest BCUT2D eigenvalue weighted by Crippen LogP contribution is -2.23. The average Bonchev–Trinajstić information content (AvgIpc) is 3.46. The number of benzene rings is 1. The maximum atomic E-state index is 12.7. The first kappa shape index (κ1) is 20.4. The van der Waals surface area contributed by atoms with Crippen LogP contribution in [0.25, 0.3) is 17.6 Å². The summed E-state index contributed by atoms with van der Waals surface area (Å²) >= 11 is 0. The topological polar surface area (TPSA) is 69.1 Å². The van der Waals surface area contributed by atoms with Crippen LogP contribution in [-0.4, -0.2) is 37.4 Å². The van der Waals surface area contributed by atoms with E-state index in [0.717, 1.165) is 39.8 Å². The summed E-state index contributed by atoms with van der Waals surface area (Å²) in [7, 11) is 1.79. The molecular formula is C24H25N5O2. The van der Waals surface area contributed by atoms with Crippen molar-refractivity contribution in [1.82, 2.24) is 24.4 Å². The summed E-state index contributed by atoms with van der Waals surface area (Å²) in [6.45, 7) is 6.35. The number of carbonyl (C=O) groups is 1.